The number of allylic oxidation sites excluding steroid dienone is 1. The molecular weight excluding hydrogens is 184 g/mol. The number of Topliss-reactive ketones (excluding diaryl/α,β-unsaturated/α-hetero) is 1. The Morgan fingerprint density at radius 1 is 1.47 bits per heavy atom. The van der Waals surface area contributed by atoms with Crippen LogP contribution in [-0.2, 0) is 4.79 Å². The highest BCUT2D eigenvalue weighted by molar-refractivity contribution is 5.83. The van der Waals surface area contributed by atoms with Crippen LogP contribution in [0.15, 0.2) is 12.7 Å². The maximum atomic E-state index is 12.2. The molecule has 15 heavy (non-hydrogen) atoms. The molecule has 1 heteroatoms. The van der Waals surface area contributed by atoms with Crippen molar-refractivity contribution in [3.8, 4) is 0 Å². The van der Waals surface area contributed by atoms with Gasteiger partial charge in [-0.15, -0.1) is 6.58 Å². The second kappa shape index (κ2) is 6.81. The van der Waals surface area contributed by atoms with E-state index in [1.54, 1.807) is 0 Å². The van der Waals surface area contributed by atoms with Crippen LogP contribution in [0.1, 0.15) is 58.3 Å². The third-order valence-corrected chi connectivity index (χ3v) is 3.52. The first-order valence-electron chi connectivity index (χ1n) is 6.44. The number of hydrogen-bond acceptors (Lipinski definition) is 1. The van der Waals surface area contributed by atoms with Crippen LogP contribution < -0.4 is 0 Å². The quantitative estimate of drug-likeness (QED) is 0.575. The molecule has 1 fully saturated rings. The molecule has 1 nitrogen and oxygen atoms in total. The standard InChI is InChI=1S/C14H24O/c1-3-5-9-12(8-4-2)14(15)13-10-6-7-11-13/h4,12-13H,2-3,5-11H2,1H3. The lowest BCUT2D eigenvalue weighted by Gasteiger charge is -2.17. The van der Waals surface area contributed by atoms with Crippen molar-refractivity contribution in [2.45, 2.75) is 58.3 Å². The molecule has 0 aliphatic heterocycles. The summed E-state index contributed by atoms with van der Waals surface area (Å²) in [5.41, 5.74) is 0. The molecule has 1 saturated carbocycles. The second-order valence-corrected chi connectivity index (χ2v) is 4.75. The van der Waals surface area contributed by atoms with E-state index in [1.165, 1.54) is 25.7 Å². The molecule has 1 atom stereocenters. The SMILES string of the molecule is C=CCC(CCCC)C(=O)C1CCCC1. The molecular formula is C14H24O. The summed E-state index contributed by atoms with van der Waals surface area (Å²) in [7, 11) is 0. The monoisotopic (exact) mass is 208 g/mol. The minimum atomic E-state index is 0.269. The molecule has 0 radical (unpaired) electrons. The molecule has 1 aliphatic rings. The van der Waals surface area contributed by atoms with Gasteiger partial charge in [-0.05, 0) is 25.7 Å². The number of carbonyl (C=O) groups excluding carboxylic acids is 1. The summed E-state index contributed by atoms with van der Waals surface area (Å²) in [6, 6.07) is 0. The Morgan fingerprint density at radius 3 is 2.67 bits per heavy atom. The molecule has 1 rings (SSSR count). The first kappa shape index (κ1) is 12.5. The van der Waals surface area contributed by atoms with Crippen molar-refractivity contribution in [3.05, 3.63) is 12.7 Å². The lowest BCUT2D eigenvalue weighted by molar-refractivity contribution is -0.126. The van der Waals surface area contributed by atoms with Crippen molar-refractivity contribution in [2.75, 3.05) is 0 Å². The average Bonchev–Trinajstić information content (AvgIpc) is 2.76. The number of unbranched alkanes of at least 4 members (excludes halogenated alkanes) is 1. The molecule has 1 aliphatic carbocycles. The van der Waals surface area contributed by atoms with Gasteiger partial charge >= 0.3 is 0 Å². The van der Waals surface area contributed by atoms with Crippen LogP contribution in [0.3, 0.4) is 0 Å². The number of rotatable bonds is 7. The zero-order chi connectivity index (χ0) is 11.1. The van der Waals surface area contributed by atoms with E-state index in [2.05, 4.69) is 13.5 Å². The lowest BCUT2D eigenvalue weighted by atomic mass is 9.86. The Bertz CT molecular complexity index is 201. The molecule has 0 N–H and O–H groups in total. The van der Waals surface area contributed by atoms with E-state index in [0.29, 0.717) is 11.7 Å². The summed E-state index contributed by atoms with van der Waals surface area (Å²) in [6.07, 6.45) is 11.0. The fraction of sp³-hybridized carbons (Fsp3) is 0.786. The fourth-order valence-corrected chi connectivity index (χ4v) is 2.57. The van der Waals surface area contributed by atoms with Gasteiger partial charge in [-0.25, -0.2) is 0 Å². The summed E-state index contributed by atoms with van der Waals surface area (Å²) in [5.74, 6) is 1.18. The van der Waals surface area contributed by atoms with Crippen LogP contribution in [0.2, 0.25) is 0 Å². The predicted octanol–water partition coefficient (Wildman–Crippen LogP) is 4.13. The van der Waals surface area contributed by atoms with E-state index < -0.39 is 0 Å². The summed E-state index contributed by atoms with van der Waals surface area (Å²) >= 11 is 0. The van der Waals surface area contributed by atoms with Gasteiger partial charge in [0, 0.05) is 11.8 Å². The highest BCUT2D eigenvalue weighted by Gasteiger charge is 2.27. The van der Waals surface area contributed by atoms with Crippen LogP contribution >= 0.6 is 0 Å². The van der Waals surface area contributed by atoms with Gasteiger partial charge in [-0.3, -0.25) is 4.79 Å². The largest absolute Gasteiger partial charge is 0.299 e. The molecule has 0 aromatic carbocycles. The third kappa shape index (κ3) is 3.81. The first-order valence-corrected chi connectivity index (χ1v) is 6.44. The fourth-order valence-electron chi connectivity index (χ4n) is 2.57. The Hall–Kier alpha value is -0.590. The van der Waals surface area contributed by atoms with Crippen LogP contribution in [0.4, 0.5) is 0 Å². The summed E-state index contributed by atoms with van der Waals surface area (Å²) in [6.45, 7) is 5.95. The summed E-state index contributed by atoms with van der Waals surface area (Å²) in [4.78, 5) is 12.2. The van der Waals surface area contributed by atoms with E-state index >= 15 is 0 Å². The van der Waals surface area contributed by atoms with Gasteiger partial charge < -0.3 is 0 Å². The average molecular weight is 208 g/mol. The van der Waals surface area contributed by atoms with Crippen molar-refractivity contribution < 1.29 is 4.79 Å². The van der Waals surface area contributed by atoms with E-state index in [-0.39, 0.29) is 5.92 Å². The maximum Gasteiger partial charge on any atom is 0.139 e. The third-order valence-electron chi connectivity index (χ3n) is 3.52. The van der Waals surface area contributed by atoms with Crippen molar-refractivity contribution in [2.24, 2.45) is 11.8 Å². The Labute approximate surface area is 93.9 Å². The van der Waals surface area contributed by atoms with Crippen molar-refractivity contribution >= 4 is 5.78 Å². The molecule has 0 aromatic rings. The molecule has 1 unspecified atom stereocenters. The molecule has 0 spiro atoms. The van der Waals surface area contributed by atoms with E-state index in [4.69, 9.17) is 0 Å². The molecule has 86 valence electrons. The van der Waals surface area contributed by atoms with Gasteiger partial charge in [0.25, 0.3) is 0 Å². The molecule has 0 saturated heterocycles. The Balaban J connectivity index is 2.45. The highest BCUT2D eigenvalue weighted by Crippen LogP contribution is 2.30. The second-order valence-electron chi connectivity index (χ2n) is 4.75. The van der Waals surface area contributed by atoms with Crippen LogP contribution in [-0.4, -0.2) is 5.78 Å². The van der Waals surface area contributed by atoms with E-state index in [0.717, 1.165) is 25.7 Å². The first-order chi connectivity index (χ1) is 7.29. The minimum absolute atomic E-state index is 0.269. The predicted molar refractivity (Wildman–Crippen MR) is 64.8 cm³/mol. The topological polar surface area (TPSA) is 17.1 Å². The van der Waals surface area contributed by atoms with E-state index in [1.807, 2.05) is 6.08 Å². The lowest BCUT2D eigenvalue weighted by Crippen LogP contribution is -2.21. The highest BCUT2D eigenvalue weighted by atomic mass is 16.1. The van der Waals surface area contributed by atoms with Crippen LogP contribution in [0.25, 0.3) is 0 Å². The van der Waals surface area contributed by atoms with Gasteiger partial charge in [0.2, 0.25) is 0 Å². The number of carbonyl (C=O) groups is 1. The van der Waals surface area contributed by atoms with Crippen molar-refractivity contribution in [3.63, 3.8) is 0 Å². The van der Waals surface area contributed by atoms with Gasteiger partial charge in [0.05, 0.1) is 0 Å². The Kier molecular flexibility index (Phi) is 5.67. The van der Waals surface area contributed by atoms with Crippen molar-refractivity contribution in [1.29, 1.82) is 0 Å². The summed E-state index contributed by atoms with van der Waals surface area (Å²) in [5, 5.41) is 0. The molecule has 0 aromatic heterocycles. The van der Waals surface area contributed by atoms with Crippen LogP contribution in [0, 0.1) is 11.8 Å². The number of ketones is 1. The van der Waals surface area contributed by atoms with Crippen molar-refractivity contribution in [1.82, 2.24) is 0 Å². The van der Waals surface area contributed by atoms with E-state index in [9.17, 15) is 4.79 Å². The Morgan fingerprint density at radius 2 is 2.13 bits per heavy atom. The zero-order valence-corrected chi connectivity index (χ0v) is 10.0. The zero-order valence-electron chi connectivity index (χ0n) is 10.0. The molecule has 0 amide bonds. The summed E-state index contributed by atoms with van der Waals surface area (Å²) < 4.78 is 0. The van der Waals surface area contributed by atoms with Gasteiger partial charge in [0.15, 0.2) is 0 Å². The van der Waals surface area contributed by atoms with Gasteiger partial charge in [0.1, 0.15) is 5.78 Å². The molecule has 0 bridgehead atoms. The minimum Gasteiger partial charge on any atom is -0.299 e. The smallest absolute Gasteiger partial charge is 0.139 e. The number of hydrogen-bond donors (Lipinski definition) is 0. The van der Waals surface area contributed by atoms with Crippen LogP contribution in [0.5, 0.6) is 0 Å². The maximum absolute atomic E-state index is 12.2. The molecule has 0 heterocycles. The van der Waals surface area contributed by atoms with Gasteiger partial charge in [-0.1, -0.05) is 38.7 Å². The van der Waals surface area contributed by atoms with Gasteiger partial charge in [-0.2, -0.15) is 0 Å². The normalized spacial score (nSPS) is 19.0.